The van der Waals surface area contributed by atoms with Gasteiger partial charge >= 0.3 is 10.2 Å². The molecule has 1 atom stereocenters. The molecule has 0 aliphatic carbocycles. The van der Waals surface area contributed by atoms with E-state index in [9.17, 15) is 12.8 Å². The van der Waals surface area contributed by atoms with Crippen LogP contribution in [0.4, 0.5) is 4.39 Å². The van der Waals surface area contributed by atoms with E-state index in [-0.39, 0.29) is 11.7 Å². The standard InChI is InChI=1S/C8H8FN3O2S/c9-6-3-1-5(2-4-6)7-8(10)12-15(13,14)11-7/h1-4,7,11H,(H2,10,12)/p+1/t7-/m0/s1. The molecule has 0 aromatic heterocycles. The van der Waals surface area contributed by atoms with E-state index in [0.717, 1.165) is 0 Å². The van der Waals surface area contributed by atoms with Crippen molar-refractivity contribution in [2.75, 3.05) is 0 Å². The second kappa shape index (κ2) is 3.28. The number of hydrogen-bond acceptors (Lipinski definition) is 3. The fourth-order valence-electron chi connectivity index (χ4n) is 1.37. The summed E-state index contributed by atoms with van der Waals surface area (Å²) in [5, 5.41) is 0. The third-order valence-corrected chi connectivity index (χ3v) is 3.09. The molecule has 0 amide bonds. The molecule has 0 spiro atoms. The van der Waals surface area contributed by atoms with Crippen LogP contribution < -0.4 is 14.9 Å². The van der Waals surface area contributed by atoms with Gasteiger partial charge in [-0.15, -0.1) is 0 Å². The predicted octanol–water partition coefficient (Wildman–Crippen LogP) is -1.85. The lowest BCUT2D eigenvalue weighted by Gasteiger charge is -2.05. The zero-order valence-corrected chi connectivity index (χ0v) is 8.38. The van der Waals surface area contributed by atoms with E-state index in [1.807, 2.05) is 0 Å². The number of amidine groups is 1. The number of nitrogens with two attached hydrogens (primary N) is 1. The van der Waals surface area contributed by atoms with Gasteiger partial charge in [0.2, 0.25) is 0 Å². The Morgan fingerprint density at radius 3 is 2.40 bits per heavy atom. The molecule has 0 unspecified atom stereocenters. The van der Waals surface area contributed by atoms with Gasteiger partial charge in [0.25, 0.3) is 5.84 Å². The second-order valence-electron chi connectivity index (χ2n) is 3.16. The molecule has 1 aromatic carbocycles. The van der Waals surface area contributed by atoms with Crippen LogP contribution in [0.5, 0.6) is 0 Å². The Hall–Kier alpha value is -1.47. The van der Waals surface area contributed by atoms with Gasteiger partial charge in [0.1, 0.15) is 5.82 Å². The molecule has 0 saturated carbocycles. The Bertz CT molecular complexity index is 509. The zero-order valence-electron chi connectivity index (χ0n) is 7.57. The first-order valence-electron chi connectivity index (χ1n) is 4.16. The Balaban J connectivity index is 2.35. The van der Waals surface area contributed by atoms with Crippen LogP contribution in [0.1, 0.15) is 11.6 Å². The van der Waals surface area contributed by atoms with Gasteiger partial charge in [0, 0.05) is 0 Å². The minimum absolute atomic E-state index is 0.0848. The summed E-state index contributed by atoms with van der Waals surface area (Å²) in [7, 11) is -3.56. The van der Waals surface area contributed by atoms with Crippen LogP contribution in [0.3, 0.4) is 0 Å². The van der Waals surface area contributed by atoms with Gasteiger partial charge in [0.05, 0.1) is 0 Å². The van der Waals surface area contributed by atoms with Crippen LogP contribution in [-0.4, -0.2) is 14.3 Å². The maximum atomic E-state index is 12.6. The molecule has 15 heavy (non-hydrogen) atoms. The Morgan fingerprint density at radius 1 is 1.33 bits per heavy atom. The van der Waals surface area contributed by atoms with Crippen LogP contribution in [0.2, 0.25) is 0 Å². The average Bonchev–Trinajstić information content (AvgIpc) is 2.41. The summed E-state index contributed by atoms with van der Waals surface area (Å²) in [6.45, 7) is 0. The molecule has 1 aromatic rings. The number of halogens is 1. The zero-order chi connectivity index (χ0) is 11.1. The molecule has 2 rings (SSSR count). The van der Waals surface area contributed by atoms with Crippen molar-refractivity contribution < 1.29 is 17.2 Å². The molecule has 1 heterocycles. The van der Waals surface area contributed by atoms with E-state index in [2.05, 4.69) is 9.12 Å². The topological polar surface area (TPSA) is 86.2 Å². The average molecular weight is 230 g/mol. The fraction of sp³-hybridized carbons (Fsp3) is 0.125. The van der Waals surface area contributed by atoms with Gasteiger partial charge in [-0.2, -0.15) is 17.5 Å². The van der Waals surface area contributed by atoms with Crippen molar-refractivity contribution in [1.82, 2.24) is 4.72 Å². The fourth-order valence-corrected chi connectivity index (χ4v) is 2.43. The molecule has 80 valence electrons. The van der Waals surface area contributed by atoms with Crippen molar-refractivity contribution in [3.8, 4) is 0 Å². The van der Waals surface area contributed by atoms with Crippen LogP contribution in [0.15, 0.2) is 24.3 Å². The van der Waals surface area contributed by atoms with Crippen molar-refractivity contribution in [3.63, 3.8) is 0 Å². The summed E-state index contributed by atoms with van der Waals surface area (Å²) in [6, 6.07) is 4.80. The summed E-state index contributed by atoms with van der Waals surface area (Å²) in [5.74, 6) is -0.298. The smallest absolute Gasteiger partial charge is 0.288 e. The van der Waals surface area contributed by atoms with E-state index >= 15 is 0 Å². The van der Waals surface area contributed by atoms with Gasteiger partial charge in [-0.25, -0.2) is 4.39 Å². The van der Waals surface area contributed by atoms with Gasteiger partial charge < -0.3 is 0 Å². The van der Waals surface area contributed by atoms with Gasteiger partial charge in [-0.3, -0.25) is 5.73 Å². The van der Waals surface area contributed by atoms with E-state index < -0.39 is 16.3 Å². The minimum Gasteiger partial charge on any atom is -0.288 e. The molecular formula is C8H9FN3O2S+. The summed E-state index contributed by atoms with van der Waals surface area (Å²) >= 11 is 0. The molecule has 7 heteroatoms. The predicted molar refractivity (Wildman–Crippen MR) is 51.4 cm³/mol. The molecule has 4 N–H and O–H groups in total. The normalized spacial score (nSPS) is 23.8. The van der Waals surface area contributed by atoms with Crippen molar-refractivity contribution in [1.29, 1.82) is 0 Å². The van der Waals surface area contributed by atoms with E-state index in [4.69, 9.17) is 5.73 Å². The highest BCUT2D eigenvalue weighted by molar-refractivity contribution is 7.83. The van der Waals surface area contributed by atoms with Gasteiger partial charge in [0.15, 0.2) is 6.04 Å². The minimum atomic E-state index is -3.56. The highest BCUT2D eigenvalue weighted by atomic mass is 32.2. The highest BCUT2D eigenvalue weighted by Gasteiger charge is 2.34. The number of rotatable bonds is 1. The van der Waals surface area contributed by atoms with Crippen LogP contribution in [0, 0.1) is 5.82 Å². The lowest BCUT2D eigenvalue weighted by molar-refractivity contribution is -0.265. The maximum Gasteiger partial charge on any atom is 0.371 e. The quantitative estimate of drug-likeness (QED) is 0.529. The number of benzene rings is 1. The third-order valence-electron chi connectivity index (χ3n) is 2.04. The number of nitrogens with one attached hydrogen (secondary N) is 2. The lowest BCUT2D eigenvalue weighted by Crippen LogP contribution is -2.76. The molecule has 0 radical (unpaired) electrons. The van der Waals surface area contributed by atoms with Crippen LogP contribution in [0.25, 0.3) is 0 Å². The summed E-state index contributed by atoms with van der Waals surface area (Å²) in [4.78, 5) is 0. The maximum absolute atomic E-state index is 12.6. The van der Waals surface area contributed by atoms with E-state index in [1.54, 1.807) is 0 Å². The molecule has 1 aliphatic heterocycles. The lowest BCUT2D eigenvalue weighted by atomic mass is 10.1. The van der Waals surface area contributed by atoms with Crippen molar-refractivity contribution >= 4 is 16.0 Å². The first-order chi connectivity index (χ1) is 6.98. The largest absolute Gasteiger partial charge is 0.371 e. The Morgan fingerprint density at radius 2 is 1.93 bits per heavy atom. The summed E-state index contributed by atoms with van der Waals surface area (Å²) in [5.41, 5.74) is 6.08. The van der Waals surface area contributed by atoms with Crippen LogP contribution >= 0.6 is 0 Å². The van der Waals surface area contributed by atoms with Gasteiger partial charge in [-0.05, 0) is 17.7 Å². The molecular weight excluding hydrogens is 221 g/mol. The van der Waals surface area contributed by atoms with E-state index in [0.29, 0.717) is 5.56 Å². The number of hydrogen-bond donors (Lipinski definition) is 3. The molecule has 0 bridgehead atoms. The van der Waals surface area contributed by atoms with Crippen molar-refractivity contribution in [2.45, 2.75) is 6.04 Å². The first-order valence-corrected chi connectivity index (χ1v) is 5.64. The van der Waals surface area contributed by atoms with Crippen molar-refractivity contribution in [3.05, 3.63) is 35.6 Å². The molecule has 5 nitrogen and oxygen atoms in total. The summed E-state index contributed by atoms with van der Waals surface area (Å²) in [6.07, 6.45) is 0. The third kappa shape index (κ3) is 1.97. The van der Waals surface area contributed by atoms with E-state index in [1.165, 1.54) is 24.3 Å². The Labute approximate surface area is 86.0 Å². The second-order valence-corrected chi connectivity index (χ2v) is 4.61. The molecule has 0 saturated heterocycles. The Kier molecular flexibility index (Phi) is 2.20. The summed E-state index contributed by atoms with van der Waals surface area (Å²) < 4.78 is 39.2. The first kappa shape index (κ1) is 10.1. The SMILES string of the molecule is NC1=[NH+]S(=O)(=O)N[C@H]1c1ccc(F)cc1. The molecule has 0 fully saturated rings. The van der Waals surface area contributed by atoms with Gasteiger partial charge in [-0.1, -0.05) is 12.1 Å². The molecule has 1 aliphatic rings. The van der Waals surface area contributed by atoms with Crippen LogP contribution in [-0.2, 0) is 10.2 Å². The monoisotopic (exact) mass is 230 g/mol. The van der Waals surface area contributed by atoms with Crippen molar-refractivity contribution in [2.24, 2.45) is 5.73 Å². The highest BCUT2D eigenvalue weighted by Crippen LogP contribution is 2.14.